The Balaban J connectivity index is 2.08. The molecule has 15 heavy (non-hydrogen) atoms. The van der Waals surface area contributed by atoms with Gasteiger partial charge in [-0.2, -0.15) is 0 Å². The summed E-state index contributed by atoms with van der Waals surface area (Å²) in [6, 6.07) is 8.14. The smallest absolute Gasteiger partial charge is 0.118 e. The molecule has 2 atom stereocenters. The summed E-state index contributed by atoms with van der Waals surface area (Å²) in [5.41, 5.74) is 1.29. The second-order valence-electron chi connectivity index (χ2n) is 3.94. The van der Waals surface area contributed by atoms with Crippen molar-refractivity contribution >= 4 is 0 Å². The van der Waals surface area contributed by atoms with Crippen molar-refractivity contribution in [1.29, 1.82) is 0 Å². The lowest BCUT2D eigenvalue weighted by molar-refractivity contribution is 0.249. The normalized spacial score (nSPS) is 24.4. The van der Waals surface area contributed by atoms with Crippen LogP contribution in [0.25, 0.3) is 0 Å². The zero-order chi connectivity index (χ0) is 10.7. The van der Waals surface area contributed by atoms with E-state index >= 15 is 0 Å². The summed E-state index contributed by atoms with van der Waals surface area (Å²) in [6.45, 7) is 0.253. The fourth-order valence-electron chi connectivity index (χ4n) is 2.01. The van der Waals surface area contributed by atoms with Crippen LogP contribution in [-0.2, 0) is 0 Å². The van der Waals surface area contributed by atoms with E-state index < -0.39 is 0 Å². The van der Waals surface area contributed by atoms with Gasteiger partial charge in [0.15, 0.2) is 0 Å². The number of benzene rings is 1. The number of hydrogen-bond acceptors (Lipinski definition) is 2. The molecule has 2 heteroatoms. The van der Waals surface area contributed by atoms with Gasteiger partial charge in [0.1, 0.15) is 5.75 Å². The molecule has 0 aliphatic heterocycles. The van der Waals surface area contributed by atoms with E-state index in [0.29, 0.717) is 11.8 Å². The fraction of sp³-hybridized carbons (Fsp3) is 0.385. The van der Waals surface area contributed by atoms with Crippen LogP contribution in [0, 0.1) is 5.92 Å². The molecule has 0 fully saturated rings. The van der Waals surface area contributed by atoms with Crippen LogP contribution in [-0.4, -0.2) is 18.8 Å². The highest BCUT2D eigenvalue weighted by atomic mass is 16.5. The summed E-state index contributed by atoms with van der Waals surface area (Å²) in [7, 11) is 1.67. The number of ether oxygens (including phenoxy) is 1. The zero-order valence-corrected chi connectivity index (χ0v) is 8.89. The third-order valence-corrected chi connectivity index (χ3v) is 2.95. The van der Waals surface area contributed by atoms with Gasteiger partial charge in [-0.1, -0.05) is 24.3 Å². The molecular formula is C13H16O2. The van der Waals surface area contributed by atoms with E-state index in [1.807, 2.05) is 12.1 Å². The minimum absolute atomic E-state index is 0.253. The predicted octanol–water partition coefficient (Wildman–Crippen LogP) is 2.35. The van der Waals surface area contributed by atoms with Crippen molar-refractivity contribution in [3.63, 3.8) is 0 Å². The Labute approximate surface area is 90.2 Å². The van der Waals surface area contributed by atoms with E-state index in [0.717, 1.165) is 12.2 Å². The third kappa shape index (κ3) is 2.21. The predicted molar refractivity (Wildman–Crippen MR) is 60.1 cm³/mol. The summed E-state index contributed by atoms with van der Waals surface area (Å²) in [6.07, 6.45) is 5.31. The van der Waals surface area contributed by atoms with Crippen LogP contribution < -0.4 is 4.74 Å². The Morgan fingerprint density at radius 2 is 2.00 bits per heavy atom. The van der Waals surface area contributed by atoms with Gasteiger partial charge in [-0.05, 0) is 24.1 Å². The SMILES string of the molecule is COc1ccc([C@H]2C=C[C@H](CO)C2)cc1. The van der Waals surface area contributed by atoms with Gasteiger partial charge in [0.25, 0.3) is 0 Å². The van der Waals surface area contributed by atoms with E-state index in [9.17, 15) is 0 Å². The van der Waals surface area contributed by atoms with Crippen LogP contribution in [0.5, 0.6) is 5.75 Å². The number of rotatable bonds is 3. The number of aliphatic hydroxyl groups is 1. The molecule has 1 aromatic carbocycles. The highest BCUT2D eigenvalue weighted by molar-refractivity contribution is 5.32. The van der Waals surface area contributed by atoms with Crippen molar-refractivity contribution in [1.82, 2.24) is 0 Å². The lowest BCUT2D eigenvalue weighted by atomic mass is 9.96. The van der Waals surface area contributed by atoms with E-state index in [1.54, 1.807) is 7.11 Å². The topological polar surface area (TPSA) is 29.5 Å². The summed E-state index contributed by atoms with van der Waals surface area (Å²) in [4.78, 5) is 0. The molecule has 0 saturated carbocycles. The Morgan fingerprint density at radius 3 is 2.53 bits per heavy atom. The highest BCUT2D eigenvalue weighted by Crippen LogP contribution is 2.32. The average molecular weight is 204 g/mol. The Bertz CT molecular complexity index is 340. The lowest BCUT2D eigenvalue weighted by Crippen LogP contribution is -2.01. The van der Waals surface area contributed by atoms with Gasteiger partial charge in [-0.3, -0.25) is 0 Å². The zero-order valence-electron chi connectivity index (χ0n) is 8.89. The van der Waals surface area contributed by atoms with Gasteiger partial charge >= 0.3 is 0 Å². The summed E-state index contributed by atoms with van der Waals surface area (Å²) >= 11 is 0. The largest absolute Gasteiger partial charge is 0.497 e. The van der Waals surface area contributed by atoms with Gasteiger partial charge in [0, 0.05) is 18.4 Å². The Kier molecular flexibility index (Phi) is 3.07. The van der Waals surface area contributed by atoms with E-state index in [1.165, 1.54) is 5.56 Å². The molecule has 1 aliphatic rings. The summed E-state index contributed by atoms with van der Waals surface area (Å²) in [5, 5.41) is 9.04. The fourth-order valence-corrected chi connectivity index (χ4v) is 2.01. The monoisotopic (exact) mass is 204 g/mol. The van der Waals surface area contributed by atoms with Gasteiger partial charge in [0.05, 0.1) is 7.11 Å². The van der Waals surface area contributed by atoms with Crippen LogP contribution in [0.3, 0.4) is 0 Å². The molecule has 1 N–H and O–H groups in total. The summed E-state index contributed by atoms with van der Waals surface area (Å²) in [5.74, 6) is 1.67. The molecule has 1 aromatic rings. The van der Waals surface area contributed by atoms with Crippen LogP contribution >= 0.6 is 0 Å². The second-order valence-corrected chi connectivity index (χ2v) is 3.94. The molecule has 0 bridgehead atoms. The highest BCUT2D eigenvalue weighted by Gasteiger charge is 2.19. The number of methoxy groups -OCH3 is 1. The van der Waals surface area contributed by atoms with Crippen molar-refractivity contribution in [3.05, 3.63) is 42.0 Å². The van der Waals surface area contributed by atoms with Gasteiger partial charge in [0.2, 0.25) is 0 Å². The Hall–Kier alpha value is -1.28. The second kappa shape index (κ2) is 4.49. The Morgan fingerprint density at radius 1 is 1.27 bits per heavy atom. The molecule has 0 unspecified atom stereocenters. The van der Waals surface area contributed by atoms with Crippen LogP contribution in [0.1, 0.15) is 17.9 Å². The first-order valence-corrected chi connectivity index (χ1v) is 5.26. The molecule has 2 nitrogen and oxygen atoms in total. The maximum atomic E-state index is 9.04. The van der Waals surface area contributed by atoms with Gasteiger partial charge < -0.3 is 9.84 Å². The standard InChI is InChI=1S/C13H16O2/c1-15-13-6-4-11(5-7-13)12-3-2-10(8-12)9-14/h2-7,10,12,14H,8-9H2,1H3/t10-,12-/m0/s1. The maximum absolute atomic E-state index is 9.04. The molecule has 80 valence electrons. The third-order valence-electron chi connectivity index (χ3n) is 2.95. The van der Waals surface area contributed by atoms with Crippen LogP contribution in [0.2, 0.25) is 0 Å². The van der Waals surface area contributed by atoms with Gasteiger partial charge in [-0.25, -0.2) is 0 Å². The molecule has 0 radical (unpaired) electrons. The lowest BCUT2D eigenvalue weighted by Gasteiger charge is -2.11. The quantitative estimate of drug-likeness (QED) is 0.766. The number of aliphatic hydroxyl groups excluding tert-OH is 1. The van der Waals surface area contributed by atoms with Crippen LogP contribution in [0.15, 0.2) is 36.4 Å². The number of allylic oxidation sites excluding steroid dienone is 1. The van der Waals surface area contributed by atoms with E-state index in [2.05, 4.69) is 24.3 Å². The van der Waals surface area contributed by atoms with Crippen molar-refractivity contribution in [2.24, 2.45) is 5.92 Å². The average Bonchev–Trinajstić information content (AvgIpc) is 2.78. The molecule has 0 heterocycles. The molecule has 2 rings (SSSR count). The number of hydrogen-bond donors (Lipinski definition) is 1. The summed E-state index contributed by atoms with van der Waals surface area (Å²) < 4.78 is 5.12. The van der Waals surface area contributed by atoms with Crippen LogP contribution in [0.4, 0.5) is 0 Å². The molecule has 0 spiro atoms. The van der Waals surface area contributed by atoms with Crippen molar-refractivity contribution in [2.75, 3.05) is 13.7 Å². The van der Waals surface area contributed by atoms with E-state index in [4.69, 9.17) is 9.84 Å². The minimum Gasteiger partial charge on any atom is -0.497 e. The van der Waals surface area contributed by atoms with Crippen molar-refractivity contribution in [3.8, 4) is 5.75 Å². The van der Waals surface area contributed by atoms with Gasteiger partial charge in [-0.15, -0.1) is 0 Å². The molecule has 1 aliphatic carbocycles. The van der Waals surface area contributed by atoms with Crippen molar-refractivity contribution in [2.45, 2.75) is 12.3 Å². The van der Waals surface area contributed by atoms with Crippen molar-refractivity contribution < 1.29 is 9.84 Å². The maximum Gasteiger partial charge on any atom is 0.118 e. The van der Waals surface area contributed by atoms with E-state index in [-0.39, 0.29) is 6.61 Å². The first-order valence-electron chi connectivity index (χ1n) is 5.26. The molecule has 0 amide bonds. The molecule has 0 aromatic heterocycles. The molecule has 0 saturated heterocycles. The minimum atomic E-state index is 0.253. The first-order chi connectivity index (χ1) is 7.33. The first kappa shape index (κ1) is 10.2. The molecular weight excluding hydrogens is 188 g/mol.